The molecule has 0 heterocycles. The smallest absolute Gasteiger partial charge is 0.202 e. The lowest BCUT2D eigenvalue weighted by molar-refractivity contribution is 0.127. The summed E-state index contributed by atoms with van der Waals surface area (Å²) in [6.07, 6.45) is 2.66. The van der Waals surface area contributed by atoms with Gasteiger partial charge in [0, 0.05) is 6.61 Å². The van der Waals surface area contributed by atoms with E-state index in [1.165, 1.54) is 6.26 Å². The molecule has 0 amide bonds. The molecule has 0 aliphatic rings. The maximum absolute atomic E-state index is 12.4. The SMILES string of the molecule is CC(C)(C)[Si](C)(C)OCCCC(O/C=C\S(=O)(=O)c1ccccc1)c1ccccc1. The van der Waals surface area contributed by atoms with E-state index in [-0.39, 0.29) is 16.0 Å². The molecule has 4 nitrogen and oxygen atoms in total. The zero-order valence-corrected chi connectivity index (χ0v) is 20.5. The fraction of sp³-hybridized carbons (Fsp3) is 0.417. The monoisotopic (exact) mass is 446 g/mol. The highest BCUT2D eigenvalue weighted by molar-refractivity contribution is 7.94. The summed E-state index contributed by atoms with van der Waals surface area (Å²) in [6, 6.07) is 18.2. The Labute approximate surface area is 183 Å². The average molecular weight is 447 g/mol. The Balaban J connectivity index is 2.01. The molecular formula is C24H34O4SSi. The van der Waals surface area contributed by atoms with Crippen LogP contribution in [0, 0.1) is 0 Å². The lowest BCUT2D eigenvalue weighted by atomic mass is 10.1. The lowest BCUT2D eigenvalue weighted by Gasteiger charge is -2.36. The van der Waals surface area contributed by atoms with E-state index in [4.69, 9.17) is 9.16 Å². The Morgan fingerprint density at radius 2 is 1.53 bits per heavy atom. The number of rotatable bonds is 10. The predicted octanol–water partition coefficient (Wildman–Crippen LogP) is 6.49. The van der Waals surface area contributed by atoms with Crippen molar-refractivity contribution in [2.45, 2.75) is 62.7 Å². The molecule has 6 heteroatoms. The van der Waals surface area contributed by atoms with Crippen LogP contribution in [0.15, 0.2) is 77.2 Å². The molecule has 0 aliphatic carbocycles. The first-order chi connectivity index (χ1) is 14.0. The van der Waals surface area contributed by atoms with Gasteiger partial charge in [-0.1, -0.05) is 69.3 Å². The molecule has 2 aromatic rings. The van der Waals surface area contributed by atoms with Crippen molar-refractivity contribution in [1.82, 2.24) is 0 Å². The van der Waals surface area contributed by atoms with E-state index in [0.717, 1.165) is 23.8 Å². The molecule has 0 saturated heterocycles. The van der Waals surface area contributed by atoms with Crippen molar-refractivity contribution < 1.29 is 17.6 Å². The van der Waals surface area contributed by atoms with Gasteiger partial charge in [-0.2, -0.15) is 0 Å². The van der Waals surface area contributed by atoms with Gasteiger partial charge in [-0.15, -0.1) is 0 Å². The molecule has 0 N–H and O–H groups in total. The van der Waals surface area contributed by atoms with Crippen LogP contribution in [0.3, 0.4) is 0 Å². The minimum absolute atomic E-state index is 0.177. The second kappa shape index (κ2) is 10.4. The molecule has 0 spiro atoms. The van der Waals surface area contributed by atoms with Gasteiger partial charge in [0.15, 0.2) is 8.32 Å². The van der Waals surface area contributed by atoms with Gasteiger partial charge in [0.1, 0.15) is 6.10 Å². The molecule has 164 valence electrons. The molecule has 0 saturated carbocycles. The molecule has 0 bridgehead atoms. The first kappa shape index (κ1) is 24.4. The average Bonchev–Trinajstić information content (AvgIpc) is 2.70. The second-order valence-corrected chi connectivity index (χ2v) is 15.6. The van der Waals surface area contributed by atoms with Crippen LogP contribution in [-0.2, 0) is 19.0 Å². The molecule has 2 rings (SSSR count). The number of benzene rings is 2. The third-order valence-electron chi connectivity index (χ3n) is 5.60. The Morgan fingerprint density at radius 3 is 2.10 bits per heavy atom. The van der Waals surface area contributed by atoms with Gasteiger partial charge in [0.25, 0.3) is 0 Å². The highest BCUT2D eigenvalue weighted by Gasteiger charge is 2.36. The van der Waals surface area contributed by atoms with Crippen LogP contribution in [-0.4, -0.2) is 23.3 Å². The summed E-state index contributed by atoms with van der Waals surface area (Å²) in [4.78, 5) is 0.254. The van der Waals surface area contributed by atoms with Gasteiger partial charge in [0.05, 0.1) is 16.6 Å². The van der Waals surface area contributed by atoms with Crippen LogP contribution in [0.2, 0.25) is 18.1 Å². The summed E-state index contributed by atoms with van der Waals surface area (Å²) >= 11 is 0. The summed E-state index contributed by atoms with van der Waals surface area (Å²) in [6.45, 7) is 11.9. The van der Waals surface area contributed by atoms with Gasteiger partial charge in [-0.25, -0.2) is 8.42 Å². The van der Waals surface area contributed by atoms with Gasteiger partial charge in [-0.3, -0.25) is 0 Å². The van der Waals surface area contributed by atoms with Crippen molar-refractivity contribution in [3.63, 3.8) is 0 Å². The minimum atomic E-state index is -3.52. The van der Waals surface area contributed by atoms with E-state index in [0.29, 0.717) is 6.61 Å². The third-order valence-corrected chi connectivity index (χ3v) is 11.5. The van der Waals surface area contributed by atoms with Crippen molar-refractivity contribution >= 4 is 18.2 Å². The molecule has 1 unspecified atom stereocenters. The predicted molar refractivity (Wildman–Crippen MR) is 125 cm³/mol. The summed E-state index contributed by atoms with van der Waals surface area (Å²) in [5.41, 5.74) is 1.02. The Bertz CT molecular complexity index is 901. The highest BCUT2D eigenvalue weighted by Crippen LogP contribution is 2.36. The highest BCUT2D eigenvalue weighted by atomic mass is 32.2. The molecule has 2 aromatic carbocycles. The fourth-order valence-corrected chi connectivity index (χ4v) is 4.67. The first-order valence-electron chi connectivity index (χ1n) is 10.3. The largest absolute Gasteiger partial charge is 0.493 e. The molecular weight excluding hydrogens is 412 g/mol. The molecule has 30 heavy (non-hydrogen) atoms. The molecule has 1 atom stereocenters. The van der Waals surface area contributed by atoms with E-state index < -0.39 is 18.2 Å². The molecule has 0 radical (unpaired) electrons. The number of hydrogen-bond donors (Lipinski definition) is 0. The maximum atomic E-state index is 12.4. The van der Waals surface area contributed by atoms with Crippen molar-refractivity contribution in [3.8, 4) is 0 Å². The topological polar surface area (TPSA) is 52.6 Å². The van der Waals surface area contributed by atoms with Gasteiger partial charge >= 0.3 is 0 Å². The third kappa shape index (κ3) is 7.11. The fourth-order valence-electron chi connectivity index (χ4n) is 2.68. The summed E-state index contributed by atoms with van der Waals surface area (Å²) in [7, 11) is -5.30. The van der Waals surface area contributed by atoms with Crippen LogP contribution >= 0.6 is 0 Å². The normalized spacial score (nSPS) is 14.0. The second-order valence-electron chi connectivity index (χ2n) is 8.92. The Hall–Kier alpha value is -1.89. The van der Waals surface area contributed by atoms with Gasteiger partial charge in [0.2, 0.25) is 9.84 Å². The number of sulfone groups is 1. The van der Waals surface area contributed by atoms with E-state index >= 15 is 0 Å². The zero-order valence-electron chi connectivity index (χ0n) is 18.7. The number of hydrogen-bond acceptors (Lipinski definition) is 4. The summed E-state index contributed by atoms with van der Waals surface area (Å²) in [5, 5.41) is 1.31. The molecule has 0 aliphatic heterocycles. The van der Waals surface area contributed by atoms with Crippen molar-refractivity contribution in [2.24, 2.45) is 0 Å². The van der Waals surface area contributed by atoms with E-state index in [9.17, 15) is 8.42 Å². The van der Waals surface area contributed by atoms with Crippen LogP contribution in [0.25, 0.3) is 0 Å². The lowest BCUT2D eigenvalue weighted by Crippen LogP contribution is -2.41. The minimum Gasteiger partial charge on any atom is -0.493 e. The van der Waals surface area contributed by atoms with Gasteiger partial charge < -0.3 is 9.16 Å². The quantitative estimate of drug-likeness (QED) is 0.238. The first-order valence-corrected chi connectivity index (χ1v) is 14.8. The standard InChI is InChI=1S/C24H34O4SSi/c1-24(2,3)30(4,5)28-18-12-17-23(21-13-8-6-9-14-21)27-19-20-29(25,26)22-15-10-7-11-16-22/h6-11,13-16,19-20,23H,12,17-18H2,1-5H3/b20-19-. The van der Waals surface area contributed by atoms with E-state index in [1.807, 2.05) is 30.3 Å². The molecule has 0 aromatic heterocycles. The number of ether oxygens (including phenoxy) is 1. The van der Waals surface area contributed by atoms with E-state index in [1.54, 1.807) is 30.3 Å². The zero-order chi connectivity index (χ0) is 22.3. The van der Waals surface area contributed by atoms with Crippen molar-refractivity contribution in [1.29, 1.82) is 0 Å². The maximum Gasteiger partial charge on any atom is 0.202 e. The van der Waals surface area contributed by atoms with Crippen molar-refractivity contribution in [2.75, 3.05) is 6.61 Å². The molecule has 0 fully saturated rings. The van der Waals surface area contributed by atoms with E-state index in [2.05, 4.69) is 33.9 Å². The van der Waals surface area contributed by atoms with Crippen LogP contribution in [0.4, 0.5) is 0 Å². The van der Waals surface area contributed by atoms with Crippen LogP contribution in [0.5, 0.6) is 0 Å². The van der Waals surface area contributed by atoms with Crippen LogP contribution in [0.1, 0.15) is 45.3 Å². The Kier molecular flexibility index (Phi) is 8.47. The van der Waals surface area contributed by atoms with Crippen LogP contribution < -0.4 is 0 Å². The van der Waals surface area contributed by atoms with Gasteiger partial charge in [-0.05, 0) is 48.7 Å². The van der Waals surface area contributed by atoms with Crippen molar-refractivity contribution in [3.05, 3.63) is 77.9 Å². The Morgan fingerprint density at radius 1 is 0.967 bits per heavy atom. The summed E-state index contributed by atoms with van der Waals surface area (Å²) < 4.78 is 37.0. The summed E-state index contributed by atoms with van der Waals surface area (Å²) in [5.74, 6) is 0.